The average Bonchev–Trinajstić information content (AvgIpc) is 2.37. The molecule has 0 aliphatic carbocycles. The van der Waals surface area contributed by atoms with Crippen LogP contribution in [0.1, 0.15) is 24.1 Å². The lowest BCUT2D eigenvalue weighted by Crippen LogP contribution is -2.44. The molecule has 88 valence electrons. The third-order valence-corrected chi connectivity index (χ3v) is 2.98. The molecular formula is C14H16N2O. The van der Waals surface area contributed by atoms with E-state index in [9.17, 15) is 4.79 Å². The van der Waals surface area contributed by atoms with Crippen molar-refractivity contribution in [1.82, 2.24) is 10.6 Å². The monoisotopic (exact) mass is 228 g/mol. The van der Waals surface area contributed by atoms with Crippen molar-refractivity contribution < 1.29 is 4.79 Å². The van der Waals surface area contributed by atoms with Gasteiger partial charge in [0.1, 0.15) is 6.04 Å². The number of carbonyl (C=O) groups excluding carboxylic acids is 1. The maximum absolute atomic E-state index is 12.1. The standard InChI is InChI=1S/C14H16N2O/c1-3-10(2)16-14(17)13-12-7-5-4-6-11(12)8-9-15-13/h1,4-7,10,13,15H,8-9H2,2H3,(H,16,17). The highest BCUT2D eigenvalue weighted by Gasteiger charge is 2.25. The molecule has 1 aliphatic rings. The van der Waals surface area contributed by atoms with Gasteiger partial charge in [-0.3, -0.25) is 4.79 Å². The second kappa shape index (κ2) is 5.03. The van der Waals surface area contributed by atoms with Crippen LogP contribution in [0.4, 0.5) is 0 Å². The normalized spacial score (nSPS) is 19.9. The topological polar surface area (TPSA) is 41.1 Å². The predicted molar refractivity (Wildman–Crippen MR) is 67.3 cm³/mol. The number of hydrogen-bond acceptors (Lipinski definition) is 2. The molecule has 0 saturated heterocycles. The second-order valence-electron chi connectivity index (χ2n) is 4.23. The van der Waals surface area contributed by atoms with Crippen molar-refractivity contribution in [3.63, 3.8) is 0 Å². The minimum absolute atomic E-state index is 0.0531. The molecule has 3 nitrogen and oxygen atoms in total. The Hall–Kier alpha value is -1.79. The highest BCUT2D eigenvalue weighted by molar-refractivity contribution is 5.84. The average molecular weight is 228 g/mol. The Morgan fingerprint density at radius 3 is 3.12 bits per heavy atom. The first kappa shape index (κ1) is 11.7. The number of amides is 1. The van der Waals surface area contributed by atoms with Gasteiger partial charge in [0.2, 0.25) is 5.91 Å². The summed E-state index contributed by atoms with van der Waals surface area (Å²) >= 11 is 0. The Morgan fingerprint density at radius 2 is 2.35 bits per heavy atom. The van der Waals surface area contributed by atoms with Gasteiger partial charge in [0.05, 0.1) is 6.04 Å². The highest BCUT2D eigenvalue weighted by Crippen LogP contribution is 2.22. The zero-order chi connectivity index (χ0) is 12.3. The Kier molecular flexibility index (Phi) is 3.46. The third kappa shape index (κ3) is 2.48. The van der Waals surface area contributed by atoms with E-state index < -0.39 is 0 Å². The molecule has 2 atom stereocenters. The highest BCUT2D eigenvalue weighted by atomic mass is 16.2. The molecule has 1 heterocycles. The molecule has 1 aliphatic heterocycles. The van der Waals surface area contributed by atoms with Crippen LogP contribution >= 0.6 is 0 Å². The van der Waals surface area contributed by atoms with Crippen molar-refractivity contribution in [1.29, 1.82) is 0 Å². The SMILES string of the molecule is C#CC(C)NC(=O)C1NCCc2ccccc21. The molecule has 0 fully saturated rings. The van der Waals surface area contributed by atoms with Gasteiger partial charge in [0.15, 0.2) is 0 Å². The summed E-state index contributed by atoms with van der Waals surface area (Å²) in [5, 5.41) is 6.03. The number of terminal acetylenes is 1. The van der Waals surface area contributed by atoms with E-state index in [4.69, 9.17) is 6.42 Å². The van der Waals surface area contributed by atoms with Gasteiger partial charge in [0.25, 0.3) is 0 Å². The Labute approximate surface area is 102 Å². The summed E-state index contributed by atoms with van der Waals surface area (Å²) in [4.78, 5) is 12.1. The molecule has 0 radical (unpaired) electrons. The van der Waals surface area contributed by atoms with Crippen molar-refractivity contribution in [2.24, 2.45) is 0 Å². The van der Waals surface area contributed by atoms with E-state index in [0.29, 0.717) is 0 Å². The quantitative estimate of drug-likeness (QED) is 0.742. The van der Waals surface area contributed by atoms with E-state index in [1.54, 1.807) is 6.92 Å². The Bertz CT molecular complexity index is 462. The number of rotatable bonds is 2. The zero-order valence-electron chi connectivity index (χ0n) is 9.86. The first-order valence-electron chi connectivity index (χ1n) is 5.80. The van der Waals surface area contributed by atoms with Crippen molar-refractivity contribution in [2.45, 2.75) is 25.4 Å². The van der Waals surface area contributed by atoms with Gasteiger partial charge in [-0.1, -0.05) is 30.2 Å². The molecule has 0 spiro atoms. The molecule has 1 amide bonds. The fraction of sp³-hybridized carbons (Fsp3) is 0.357. The minimum atomic E-state index is -0.282. The van der Waals surface area contributed by atoms with Gasteiger partial charge < -0.3 is 10.6 Å². The second-order valence-corrected chi connectivity index (χ2v) is 4.23. The fourth-order valence-corrected chi connectivity index (χ4v) is 2.08. The first-order chi connectivity index (χ1) is 8.22. The van der Waals surface area contributed by atoms with Crippen LogP contribution in [0.2, 0.25) is 0 Å². The maximum atomic E-state index is 12.1. The molecule has 3 heteroatoms. The summed E-state index contributed by atoms with van der Waals surface area (Å²) in [6.45, 7) is 2.62. The molecule has 17 heavy (non-hydrogen) atoms. The van der Waals surface area contributed by atoms with Crippen LogP contribution in [-0.4, -0.2) is 18.5 Å². The predicted octanol–water partition coefficient (Wildman–Crippen LogP) is 1.01. The summed E-state index contributed by atoms with van der Waals surface area (Å²) in [5.41, 5.74) is 2.29. The van der Waals surface area contributed by atoms with Crippen molar-refractivity contribution in [3.05, 3.63) is 35.4 Å². The van der Waals surface area contributed by atoms with Crippen molar-refractivity contribution >= 4 is 5.91 Å². The molecule has 2 N–H and O–H groups in total. The van der Waals surface area contributed by atoms with Crippen LogP contribution in [0.25, 0.3) is 0 Å². The van der Waals surface area contributed by atoms with Crippen molar-refractivity contribution in [3.8, 4) is 12.3 Å². The summed E-state index contributed by atoms with van der Waals surface area (Å²) in [6.07, 6.45) is 6.22. The number of carbonyl (C=O) groups is 1. The van der Waals surface area contributed by atoms with E-state index >= 15 is 0 Å². The summed E-state index contributed by atoms with van der Waals surface area (Å²) in [6, 6.07) is 7.50. The molecule has 2 unspecified atom stereocenters. The Morgan fingerprint density at radius 1 is 1.59 bits per heavy atom. The molecule has 0 saturated carbocycles. The lowest BCUT2D eigenvalue weighted by molar-refractivity contribution is -0.123. The third-order valence-electron chi connectivity index (χ3n) is 2.98. The molecule has 2 rings (SSSR count). The van der Waals surface area contributed by atoms with Gasteiger partial charge in [-0.2, -0.15) is 0 Å². The molecule has 0 bridgehead atoms. The first-order valence-corrected chi connectivity index (χ1v) is 5.80. The van der Waals surface area contributed by atoms with Gasteiger partial charge >= 0.3 is 0 Å². The van der Waals surface area contributed by atoms with Gasteiger partial charge in [0, 0.05) is 6.54 Å². The van der Waals surface area contributed by atoms with Crippen LogP contribution in [0.5, 0.6) is 0 Å². The van der Waals surface area contributed by atoms with Gasteiger partial charge in [-0.25, -0.2) is 0 Å². The zero-order valence-corrected chi connectivity index (χ0v) is 9.86. The number of hydrogen-bond donors (Lipinski definition) is 2. The Balaban J connectivity index is 2.19. The summed E-state index contributed by atoms with van der Waals surface area (Å²) < 4.78 is 0. The molecule has 1 aromatic rings. The van der Waals surface area contributed by atoms with Gasteiger partial charge in [-0.15, -0.1) is 6.42 Å². The summed E-state index contributed by atoms with van der Waals surface area (Å²) in [7, 11) is 0. The van der Waals surface area contributed by atoms with E-state index in [-0.39, 0.29) is 18.0 Å². The molecular weight excluding hydrogens is 212 g/mol. The number of fused-ring (bicyclic) bond motifs is 1. The van der Waals surface area contributed by atoms with E-state index in [0.717, 1.165) is 18.5 Å². The van der Waals surface area contributed by atoms with E-state index in [2.05, 4.69) is 22.6 Å². The molecule has 0 aromatic heterocycles. The number of nitrogens with one attached hydrogen (secondary N) is 2. The number of benzene rings is 1. The lowest BCUT2D eigenvalue weighted by Gasteiger charge is -2.26. The molecule has 1 aromatic carbocycles. The maximum Gasteiger partial charge on any atom is 0.242 e. The van der Waals surface area contributed by atoms with Crippen LogP contribution in [0, 0.1) is 12.3 Å². The fourth-order valence-electron chi connectivity index (χ4n) is 2.08. The largest absolute Gasteiger partial charge is 0.341 e. The summed E-state index contributed by atoms with van der Waals surface area (Å²) in [5.74, 6) is 2.45. The smallest absolute Gasteiger partial charge is 0.242 e. The van der Waals surface area contributed by atoms with Crippen LogP contribution in [0.3, 0.4) is 0 Å². The van der Waals surface area contributed by atoms with Crippen molar-refractivity contribution in [2.75, 3.05) is 6.54 Å². The lowest BCUT2D eigenvalue weighted by atomic mass is 9.94. The van der Waals surface area contributed by atoms with E-state index in [1.807, 2.05) is 18.2 Å². The van der Waals surface area contributed by atoms with Crippen LogP contribution in [0.15, 0.2) is 24.3 Å². The minimum Gasteiger partial charge on any atom is -0.341 e. The van der Waals surface area contributed by atoms with Gasteiger partial charge in [-0.05, 0) is 24.5 Å². The van der Waals surface area contributed by atoms with E-state index in [1.165, 1.54) is 5.56 Å². The van der Waals surface area contributed by atoms with Crippen LogP contribution < -0.4 is 10.6 Å². The van der Waals surface area contributed by atoms with Crippen LogP contribution in [-0.2, 0) is 11.2 Å².